The molecule has 0 aromatic rings. The standard InChI is InChI=1S/C20H39NO3S2/c1-2-3-4-5-6-7-8-9-10-11-12-13-15-24-20(25)21-17-19-14-16-26(22,23)18-19/h19H,2-18H2,1H3,(H,21,25). The molecule has 1 atom stereocenters. The van der Waals surface area contributed by atoms with Gasteiger partial charge in [-0.15, -0.1) is 0 Å². The average molecular weight is 406 g/mol. The van der Waals surface area contributed by atoms with Crippen LogP contribution in [0.2, 0.25) is 0 Å². The molecule has 26 heavy (non-hydrogen) atoms. The van der Waals surface area contributed by atoms with E-state index in [4.69, 9.17) is 17.0 Å². The van der Waals surface area contributed by atoms with Crippen LogP contribution in [-0.2, 0) is 14.6 Å². The molecule has 0 spiro atoms. The van der Waals surface area contributed by atoms with Crippen molar-refractivity contribution in [2.24, 2.45) is 5.92 Å². The summed E-state index contributed by atoms with van der Waals surface area (Å²) in [6.45, 7) is 3.53. The first kappa shape index (κ1) is 23.7. The zero-order valence-electron chi connectivity index (χ0n) is 16.6. The monoisotopic (exact) mass is 405 g/mol. The minimum atomic E-state index is -2.81. The molecule has 6 heteroatoms. The van der Waals surface area contributed by atoms with Crippen LogP contribution < -0.4 is 5.32 Å². The Kier molecular flexibility index (Phi) is 13.4. The molecule has 0 amide bonds. The van der Waals surface area contributed by atoms with Gasteiger partial charge in [0, 0.05) is 6.54 Å². The predicted molar refractivity (Wildman–Crippen MR) is 114 cm³/mol. The van der Waals surface area contributed by atoms with Gasteiger partial charge in [0.1, 0.15) is 0 Å². The van der Waals surface area contributed by atoms with Crippen LogP contribution in [0.1, 0.15) is 90.4 Å². The number of unbranched alkanes of at least 4 members (excludes halogenated alkanes) is 11. The molecule has 0 radical (unpaired) electrons. The van der Waals surface area contributed by atoms with Crippen molar-refractivity contribution in [2.75, 3.05) is 24.7 Å². The second-order valence-electron chi connectivity index (χ2n) is 7.67. The van der Waals surface area contributed by atoms with Gasteiger partial charge < -0.3 is 10.1 Å². The highest BCUT2D eigenvalue weighted by Crippen LogP contribution is 2.17. The summed E-state index contributed by atoms with van der Waals surface area (Å²) in [6, 6.07) is 0. The maximum absolute atomic E-state index is 11.4. The summed E-state index contributed by atoms with van der Waals surface area (Å²) >= 11 is 5.15. The first-order valence-corrected chi connectivity index (χ1v) is 12.9. The summed E-state index contributed by atoms with van der Waals surface area (Å²) in [4.78, 5) is 0. The van der Waals surface area contributed by atoms with Gasteiger partial charge in [-0.1, -0.05) is 77.6 Å². The molecule has 154 valence electrons. The van der Waals surface area contributed by atoms with E-state index >= 15 is 0 Å². The highest BCUT2D eigenvalue weighted by atomic mass is 32.2. The highest BCUT2D eigenvalue weighted by molar-refractivity contribution is 7.91. The Balaban J connectivity index is 1.80. The fourth-order valence-electron chi connectivity index (χ4n) is 3.42. The van der Waals surface area contributed by atoms with Gasteiger partial charge in [0.2, 0.25) is 0 Å². The van der Waals surface area contributed by atoms with Gasteiger partial charge in [-0.05, 0) is 31.0 Å². The highest BCUT2D eigenvalue weighted by Gasteiger charge is 2.27. The van der Waals surface area contributed by atoms with Crippen LogP contribution in [0, 0.1) is 5.92 Å². The number of rotatable bonds is 15. The van der Waals surface area contributed by atoms with Crippen molar-refractivity contribution in [1.82, 2.24) is 5.32 Å². The van der Waals surface area contributed by atoms with E-state index in [1.165, 1.54) is 70.6 Å². The van der Waals surface area contributed by atoms with E-state index in [1.807, 2.05) is 0 Å². The molecular formula is C20H39NO3S2. The van der Waals surface area contributed by atoms with Crippen LogP contribution in [0.3, 0.4) is 0 Å². The van der Waals surface area contributed by atoms with Crippen LogP contribution in [0.25, 0.3) is 0 Å². The van der Waals surface area contributed by atoms with Crippen LogP contribution in [0.15, 0.2) is 0 Å². The number of hydrogen-bond acceptors (Lipinski definition) is 4. The van der Waals surface area contributed by atoms with E-state index in [9.17, 15) is 8.42 Å². The fourth-order valence-corrected chi connectivity index (χ4v) is 5.45. The van der Waals surface area contributed by atoms with Crippen LogP contribution >= 0.6 is 12.2 Å². The summed E-state index contributed by atoms with van der Waals surface area (Å²) in [5, 5.41) is 3.46. The summed E-state index contributed by atoms with van der Waals surface area (Å²) in [5.41, 5.74) is 0. The molecule has 0 aliphatic carbocycles. The van der Waals surface area contributed by atoms with E-state index in [1.54, 1.807) is 0 Å². The third kappa shape index (κ3) is 12.9. The van der Waals surface area contributed by atoms with E-state index in [0.29, 0.717) is 24.1 Å². The molecule has 4 nitrogen and oxygen atoms in total. The van der Waals surface area contributed by atoms with Crippen molar-refractivity contribution >= 4 is 27.2 Å². The number of ether oxygens (including phenoxy) is 1. The third-order valence-electron chi connectivity index (χ3n) is 5.09. The third-order valence-corrected chi connectivity index (χ3v) is 7.19. The van der Waals surface area contributed by atoms with Gasteiger partial charge in [-0.3, -0.25) is 0 Å². The van der Waals surface area contributed by atoms with Gasteiger partial charge in [-0.25, -0.2) is 8.42 Å². The molecule has 1 N–H and O–H groups in total. The van der Waals surface area contributed by atoms with Crippen molar-refractivity contribution in [3.8, 4) is 0 Å². The lowest BCUT2D eigenvalue weighted by Gasteiger charge is -2.12. The van der Waals surface area contributed by atoms with E-state index < -0.39 is 9.84 Å². The van der Waals surface area contributed by atoms with Gasteiger partial charge in [0.15, 0.2) is 9.84 Å². The Labute approximate surface area is 166 Å². The molecule has 1 fully saturated rings. The summed E-state index contributed by atoms with van der Waals surface area (Å²) in [7, 11) is -2.81. The molecule has 1 heterocycles. The number of hydrogen-bond donors (Lipinski definition) is 1. The van der Waals surface area contributed by atoms with E-state index in [2.05, 4.69) is 12.2 Å². The predicted octanol–water partition coefficient (Wildman–Crippen LogP) is 5.01. The Morgan fingerprint density at radius 3 is 2.00 bits per heavy atom. The van der Waals surface area contributed by atoms with Gasteiger partial charge in [0.05, 0.1) is 18.1 Å². The SMILES string of the molecule is CCCCCCCCCCCCCCOC(=S)NCC1CCS(=O)(=O)C1. The Bertz CT molecular complexity index is 466. The van der Waals surface area contributed by atoms with Gasteiger partial charge in [0.25, 0.3) is 5.17 Å². The zero-order valence-corrected chi connectivity index (χ0v) is 18.3. The van der Waals surface area contributed by atoms with Crippen molar-refractivity contribution in [2.45, 2.75) is 90.4 Å². The summed E-state index contributed by atoms with van der Waals surface area (Å²) in [6.07, 6.45) is 16.7. The Morgan fingerprint density at radius 1 is 0.962 bits per heavy atom. The molecule has 1 aliphatic heterocycles. The summed E-state index contributed by atoms with van der Waals surface area (Å²) in [5.74, 6) is 0.765. The van der Waals surface area contributed by atoms with Crippen LogP contribution in [0.5, 0.6) is 0 Å². The maximum atomic E-state index is 11.4. The molecule has 1 aliphatic rings. The van der Waals surface area contributed by atoms with Crippen molar-refractivity contribution < 1.29 is 13.2 Å². The minimum absolute atomic E-state index is 0.174. The maximum Gasteiger partial charge on any atom is 0.256 e. The fraction of sp³-hybridized carbons (Fsp3) is 0.950. The lowest BCUT2D eigenvalue weighted by atomic mass is 10.1. The minimum Gasteiger partial charge on any atom is -0.471 e. The van der Waals surface area contributed by atoms with Gasteiger partial charge >= 0.3 is 0 Å². The molecule has 0 saturated carbocycles. The molecule has 1 saturated heterocycles. The van der Waals surface area contributed by atoms with Crippen LogP contribution in [0.4, 0.5) is 0 Å². The van der Waals surface area contributed by atoms with Crippen molar-refractivity contribution in [1.29, 1.82) is 0 Å². The Morgan fingerprint density at radius 2 is 1.50 bits per heavy atom. The van der Waals surface area contributed by atoms with Crippen molar-refractivity contribution in [3.05, 3.63) is 0 Å². The average Bonchev–Trinajstić information content (AvgIpc) is 2.96. The summed E-state index contributed by atoms with van der Waals surface area (Å²) < 4.78 is 28.3. The lowest BCUT2D eigenvalue weighted by Crippen LogP contribution is -2.30. The van der Waals surface area contributed by atoms with E-state index in [-0.39, 0.29) is 11.7 Å². The van der Waals surface area contributed by atoms with E-state index in [0.717, 1.165) is 12.8 Å². The molecule has 1 unspecified atom stereocenters. The quantitative estimate of drug-likeness (QED) is 0.306. The number of thiocarbonyl (C=S) groups is 1. The van der Waals surface area contributed by atoms with Crippen molar-refractivity contribution in [3.63, 3.8) is 0 Å². The molecule has 0 bridgehead atoms. The van der Waals surface area contributed by atoms with Gasteiger partial charge in [-0.2, -0.15) is 0 Å². The first-order chi connectivity index (χ1) is 12.5. The number of nitrogens with one attached hydrogen (secondary N) is 1. The zero-order chi connectivity index (χ0) is 19.1. The molecule has 1 rings (SSSR count). The second-order valence-corrected chi connectivity index (χ2v) is 10.3. The second kappa shape index (κ2) is 14.7. The lowest BCUT2D eigenvalue weighted by molar-refractivity contribution is 0.284. The van der Waals surface area contributed by atoms with Crippen LogP contribution in [-0.4, -0.2) is 38.2 Å². The molecule has 0 aromatic heterocycles. The largest absolute Gasteiger partial charge is 0.471 e. The first-order valence-electron chi connectivity index (χ1n) is 10.6. The topological polar surface area (TPSA) is 55.4 Å². The normalized spacial score (nSPS) is 18.7. The number of sulfone groups is 1. The smallest absolute Gasteiger partial charge is 0.256 e. The Hall–Kier alpha value is -0.360. The molecular weight excluding hydrogens is 366 g/mol. The molecule has 0 aromatic carbocycles.